The Morgan fingerprint density at radius 1 is 1.50 bits per heavy atom. The van der Waals surface area contributed by atoms with Crippen molar-refractivity contribution in [2.24, 2.45) is 0 Å². The van der Waals surface area contributed by atoms with Crippen molar-refractivity contribution in [1.29, 1.82) is 0 Å². The van der Waals surface area contributed by atoms with E-state index >= 15 is 0 Å². The molecular formula is C12H22N4. The van der Waals surface area contributed by atoms with Gasteiger partial charge in [0.25, 0.3) is 0 Å². The first-order chi connectivity index (χ1) is 7.75. The molecule has 0 radical (unpaired) electrons. The molecule has 1 saturated heterocycles. The number of nitrogens with zero attached hydrogens (tertiary/aromatic N) is 3. The minimum Gasteiger partial charge on any atom is -0.314 e. The minimum atomic E-state index is 0.425. The van der Waals surface area contributed by atoms with Crippen molar-refractivity contribution in [3.8, 4) is 0 Å². The largest absolute Gasteiger partial charge is 0.314 e. The summed E-state index contributed by atoms with van der Waals surface area (Å²) in [6.07, 6.45) is 7.04. The summed E-state index contributed by atoms with van der Waals surface area (Å²) < 4.78 is 1.98. The monoisotopic (exact) mass is 222 g/mol. The Labute approximate surface area is 97.5 Å². The van der Waals surface area contributed by atoms with Crippen LogP contribution in [0.1, 0.15) is 51.3 Å². The van der Waals surface area contributed by atoms with Gasteiger partial charge in [-0.05, 0) is 25.8 Å². The fraction of sp³-hybridized carbons (Fsp3) is 0.833. The van der Waals surface area contributed by atoms with E-state index < -0.39 is 0 Å². The third-order valence-electron chi connectivity index (χ3n) is 3.19. The quantitative estimate of drug-likeness (QED) is 0.846. The Bertz CT molecular complexity index is 313. The van der Waals surface area contributed by atoms with Gasteiger partial charge in [0.2, 0.25) is 0 Å². The van der Waals surface area contributed by atoms with E-state index in [1.807, 2.05) is 11.0 Å². The lowest BCUT2D eigenvalue weighted by molar-refractivity contribution is 0.360. The van der Waals surface area contributed by atoms with Gasteiger partial charge in [0.1, 0.15) is 6.33 Å². The molecule has 1 unspecified atom stereocenters. The molecule has 0 saturated carbocycles. The van der Waals surface area contributed by atoms with Gasteiger partial charge < -0.3 is 5.32 Å². The molecule has 4 nitrogen and oxygen atoms in total. The smallest absolute Gasteiger partial charge is 0.153 e. The van der Waals surface area contributed by atoms with Crippen LogP contribution in [0, 0.1) is 0 Å². The second kappa shape index (κ2) is 5.43. The highest BCUT2D eigenvalue weighted by molar-refractivity contribution is 4.88. The Balaban J connectivity index is 1.79. The number of rotatable bonds is 4. The molecule has 1 aliphatic heterocycles. The van der Waals surface area contributed by atoms with E-state index in [0.717, 1.165) is 12.4 Å². The molecule has 2 heterocycles. The van der Waals surface area contributed by atoms with Crippen LogP contribution in [0.3, 0.4) is 0 Å². The predicted octanol–water partition coefficient (Wildman–Crippen LogP) is 1.93. The number of aryl methyl sites for hydroxylation is 1. The lowest BCUT2D eigenvalue weighted by atomic mass is 10.0. The highest BCUT2D eigenvalue weighted by Crippen LogP contribution is 2.11. The van der Waals surface area contributed by atoms with E-state index in [1.165, 1.54) is 32.2 Å². The molecule has 0 aromatic carbocycles. The third kappa shape index (κ3) is 3.04. The van der Waals surface area contributed by atoms with Crippen molar-refractivity contribution in [3.05, 3.63) is 12.2 Å². The summed E-state index contributed by atoms with van der Waals surface area (Å²) in [5.41, 5.74) is 0. The number of piperidine rings is 1. The topological polar surface area (TPSA) is 42.7 Å². The molecule has 90 valence electrons. The van der Waals surface area contributed by atoms with Crippen LogP contribution in [0.5, 0.6) is 0 Å². The summed E-state index contributed by atoms with van der Waals surface area (Å²) >= 11 is 0. The molecule has 1 aliphatic rings. The van der Waals surface area contributed by atoms with Crippen LogP contribution in [-0.4, -0.2) is 27.4 Å². The number of nitrogens with one attached hydrogen (secondary N) is 1. The molecule has 0 spiro atoms. The molecule has 0 aliphatic carbocycles. The van der Waals surface area contributed by atoms with Crippen molar-refractivity contribution < 1.29 is 0 Å². The maximum absolute atomic E-state index is 4.47. The van der Waals surface area contributed by atoms with Gasteiger partial charge in [-0.3, -0.25) is 4.68 Å². The summed E-state index contributed by atoms with van der Waals surface area (Å²) in [5.74, 6) is 1.38. The van der Waals surface area contributed by atoms with Gasteiger partial charge >= 0.3 is 0 Å². The standard InChI is InChI=1S/C12H22N4/c1-10(2)12-14-9-16(15-12)8-6-11-5-3-4-7-13-11/h9-11,13H,3-8H2,1-2H3. The number of hydrogen-bond donors (Lipinski definition) is 1. The molecule has 1 N–H and O–H groups in total. The third-order valence-corrected chi connectivity index (χ3v) is 3.19. The number of hydrogen-bond acceptors (Lipinski definition) is 3. The first kappa shape index (κ1) is 11.6. The summed E-state index contributed by atoms with van der Waals surface area (Å²) in [6.45, 7) is 6.42. The molecule has 0 amide bonds. The lowest BCUT2D eigenvalue weighted by Gasteiger charge is -2.23. The average molecular weight is 222 g/mol. The fourth-order valence-electron chi connectivity index (χ4n) is 2.14. The predicted molar refractivity (Wildman–Crippen MR) is 64.4 cm³/mol. The molecular weight excluding hydrogens is 200 g/mol. The van der Waals surface area contributed by atoms with Crippen molar-refractivity contribution in [2.45, 2.75) is 58.0 Å². The first-order valence-corrected chi connectivity index (χ1v) is 6.38. The van der Waals surface area contributed by atoms with E-state index in [4.69, 9.17) is 0 Å². The minimum absolute atomic E-state index is 0.425. The maximum atomic E-state index is 4.47. The second-order valence-electron chi connectivity index (χ2n) is 4.96. The zero-order valence-corrected chi connectivity index (χ0v) is 10.3. The van der Waals surface area contributed by atoms with Crippen molar-refractivity contribution in [2.75, 3.05) is 6.54 Å². The summed E-state index contributed by atoms with van der Waals surface area (Å²) in [4.78, 5) is 4.31. The van der Waals surface area contributed by atoms with Crippen LogP contribution < -0.4 is 5.32 Å². The number of aromatic nitrogens is 3. The van der Waals surface area contributed by atoms with Gasteiger partial charge in [-0.15, -0.1) is 0 Å². The summed E-state index contributed by atoms with van der Waals surface area (Å²) in [6, 6.07) is 0.681. The molecule has 1 atom stereocenters. The van der Waals surface area contributed by atoms with Crippen molar-refractivity contribution in [3.63, 3.8) is 0 Å². The zero-order valence-electron chi connectivity index (χ0n) is 10.3. The molecule has 2 rings (SSSR count). The molecule has 16 heavy (non-hydrogen) atoms. The van der Waals surface area contributed by atoms with Crippen LogP contribution in [0.2, 0.25) is 0 Å². The average Bonchev–Trinajstić information content (AvgIpc) is 2.76. The second-order valence-corrected chi connectivity index (χ2v) is 4.96. The van der Waals surface area contributed by atoms with Gasteiger partial charge in [0.15, 0.2) is 5.82 Å². The molecule has 1 aromatic heterocycles. The zero-order chi connectivity index (χ0) is 11.4. The Hall–Kier alpha value is -0.900. The highest BCUT2D eigenvalue weighted by Gasteiger charge is 2.12. The van der Waals surface area contributed by atoms with Crippen LogP contribution in [0.25, 0.3) is 0 Å². The van der Waals surface area contributed by atoms with Gasteiger partial charge in [-0.25, -0.2) is 4.98 Å². The summed E-state index contributed by atoms with van der Waals surface area (Å²) in [5, 5.41) is 8.03. The van der Waals surface area contributed by atoms with Crippen molar-refractivity contribution >= 4 is 0 Å². The van der Waals surface area contributed by atoms with Crippen LogP contribution in [0.4, 0.5) is 0 Å². The van der Waals surface area contributed by atoms with E-state index in [-0.39, 0.29) is 0 Å². The molecule has 0 bridgehead atoms. The fourth-order valence-corrected chi connectivity index (χ4v) is 2.14. The Morgan fingerprint density at radius 3 is 3.00 bits per heavy atom. The van der Waals surface area contributed by atoms with Crippen LogP contribution in [0.15, 0.2) is 6.33 Å². The molecule has 1 aromatic rings. The van der Waals surface area contributed by atoms with Gasteiger partial charge in [0.05, 0.1) is 0 Å². The Kier molecular flexibility index (Phi) is 3.93. The van der Waals surface area contributed by atoms with E-state index in [2.05, 4.69) is 29.2 Å². The van der Waals surface area contributed by atoms with Crippen LogP contribution in [-0.2, 0) is 6.54 Å². The van der Waals surface area contributed by atoms with E-state index in [0.29, 0.717) is 12.0 Å². The first-order valence-electron chi connectivity index (χ1n) is 6.38. The van der Waals surface area contributed by atoms with Gasteiger partial charge in [-0.2, -0.15) is 5.10 Å². The van der Waals surface area contributed by atoms with Crippen LogP contribution >= 0.6 is 0 Å². The molecule has 1 fully saturated rings. The lowest BCUT2D eigenvalue weighted by Crippen LogP contribution is -2.34. The van der Waals surface area contributed by atoms with E-state index in [9.17, 15) is 0 Å². The van der Waals surface area contributed by atoms with Crippen molar-refractivity contribution in [1.82, 2.24) is 20.1 Å². The maximum Gasteiger partial charge on any atom is 0.153 e. The Morgan fingerprint density at radius 2 is 2.38 bits per heavy atom. The van der Waals surface area contributed by atoms with Gasteiger partial charge in [0, 0.05) is 18.5 Å². The summed E-state index contributed by atoms with van der Waals surface area (Å²) in [7, 11) is 0. The normalized spacial score (nSPS) is 21.6. The molecule has 4 heteroatoms. The van der Waals surface area contributed by atoms with Gasteiger partial charge in [-0.1, -0.05) is 20.3 Å². The highest BCUT2D eigenvalue weighted by atomic mass is 15.3. The SMILES string of the molecule is CC(C)c1ncn(CCC2CCCCN2)n1. The van der Waals surface area contributed by atoms with E-state index in [1.54, 1.807) is 0 Å².